The molecule has 0 saturated carbocycles. The van der Waals surface area contributed by atoms with Crippen molar-refractivity contribution in [3.05, 3.63) is 47.5 Å². The minimum atomic E-state index is -0.0319. The predicted molar refractivity (Wildman–Crippen MR) is 112 cm³/mol. The standard InChI is InChI=1S/C21H23N3O3S/c1-14-5-4-6-18-19(14)22-21(28-18)24-11-9-23(10-12-24)20(25)16-13-15(26-2)7-8-17(16)27-3/h4-8,13H,9-12H2,1-3H3. The van der Waals surface area contributed by atoms with Crippen LogP contribution in [0.5, 0.6) is 11.5 Å². The van der Waals surface area contributed by atoms with Crippen LogP contribution < -0.4 is 14.4 Å². The van der Waals surface area contributed by atoms with Crippen LogP contribution in [0, 0.1) is 6.92 Å². The van der Waals surface area contributed by atoms with Crippen molar-refractivity contribution in [2.24, 2.45) is 0 Å². The fraction of sp³-hybridized carbons (Fsp3) is 0.333. The molecule has 1 amide bonds. The highest BCUT2D eigenvalue weighted by molar-refractivity contribution is 7.22. The first-order valence-electron chi connectivity index (χ1n) is 9.23. The van der Waals surface area contributed by atoms with Crippen molar-refractivity contribution in [1.82, 2.24) is 9.88 Å². The van der Waals surface area contributed by atoms with E-state index in [1.807, 2.05) is 4.90 Å². The highest BCUT2D eigenvalue weighted by Gasteiger charge is 2.26. The Labute approximate surface area is 168 Å². The maximum Gasteiger partial charge on any atom is 0.257 e. The van der Waals surface area contributed by atoms with E-state index >= 15 is 0 Å². The number of carbonyl (C=O) groups excluding carboxylic acids is 1. The lowest BCUT2D eigenvalue weighted by Gasteiger charge is -2.34. The van der Waals surface area contributed by atoms with Crippen LogP contribution >= 0.6 is 11.3 Å². The van der Waals surface area contributed by atoms with Crippen LogP contribution in [-0.4, -0.2) is 56.2 Å². The molecule has 146 valence electrons. The van der Waals surface area contributed by atoms with Gasteiger partial charge in [0.2, 0.25) is 0 Å². The number of hydrogen-bond acceptors (Lipinski definition) is 6. The minimum Gasteiger partial charge on any atom is -0.497 e. The molecular formula is C21H23N3O3S. The van der Waals surface area contributed by atoms with Crippen molar-refractivity contribution in [2.75, 3.05) is 45.3 Å². The van der Waals surface area contributed by atoms with Gasteiger partial charge in [0.1, 0.15) is 11.5 Å². The van der Waals surface area contributed by atoms with Gasteiger partial charge in [0.25, 0.3) is 5.91 Å². The van der Waals surface area contributed by atoms with Crippen LogP contribution in [0.3, 0.4) is 0 Å². The van der Waals surface area contributed by atoms with Crippen molar-refractivity contribution in [3.63, 3.8) is 0 Å². The molecule has 1 aliphatic heterocycles. The van der Waals surface area contributed by atoms with E-state index in [2.05, 4.69) is 30.0 Å². The molecule has 1 fully saturated rings. The molecule has 3 aromatic rings. The van der Waals surface area contributed by atoms with Gasteiger partial charge in [-0.1, -0.05) is 23.5 Å². The number of para-hydroxylation sites is 1. The predicted octanol–water partition coefficient (Wildman–Crippen LogP) is 3.58. The van der Waals surface area contributed by atoms with Gasteiger partial charge in [0.15, 0.2) is 5.13 Å². The van der Waals surface area contributed by atoms with Crippen molar-refractivity contribution >= 4 is 32.6 Å². The van der Waals surface area contributed by atoms with Crippen LogP contribution in [0.25, 0.3) is 10.2 Å². The third-order valence-corrected chi connectivity index (χ3v) is 6.17. The molecule has 0 aliphatic carbocycles. The molecule has 4 rings (SSSR count). The maximum absolute atomic E-state index is 13.0. The average Bonchev–Trinajstić information content (AvgIpc) is 3.18. The van der Waals surface area contributed by atoms with Crippen LogP contribution in [-0.2, 0) is 0 Å². The Kier molecular flexibility index (Phi) is 5.09. The topological polar surface area (TPSA) is 54.9 Å². The first-order chi connectivity index (χ1) is 13.6. The number of ether oxygens (including phenoxy) is 2. The molecule has 0 atom stereocenters. The summed E-state index contributed by atoms with van der Waals surface area (Å²) in [7, 11) is 3.17. The fourth-order valence-corrected chi connectivity index (χ4v) is 4.56. The minimum absolute atomic E-state index is 0.0319. The summed E-state index contributed by atoms with van der Waals surface area (Å²) in [6.07, 6.45) is 0. The van der Waals surface area contributed by atoms with Crippen molar-refractivity contribution in [3.8, 4) is 11.5 Å². The zero-order chi connectivity index (χ0) is 19.7. The van der Waals surface area contributed by atoms with Crippen LogP contribution in [0.4, 0.5) is 5.13 Å². The highest BCUT2D eigenvalue weighted by Crippen LogP contribution is 2.31. The summed E-state index contributed by atoms with van der Waals surface area (Å²) in [6, 6.07) is 11.6. The van der Waals surface area contributed by atoms with Gasteiger partial charge >= 0.3 is 0 Å². The van der Waals surface area contributed by atoms with Crippen LogP contribution in [0.2, 0.25) is 0 Å². The van der Waals surface area contributed by atoms with Gasteiger partial charge in [0, 0.05) is 26.2 Å². The summed E-state index contributed by atoms with van der Waals surface area (Å²) in [5.41, 5.74) is 2.80. The number of aryl methyl sites for hydroxylation is 1. The number of amides is 1. The zero-order valence-corrected chi connectivity index (χ0v) is 17.1. The monoisotopic (exact) mass is 397 g/mol. The van der Waals surface area contributed by atoms with E-state index in [-0.39, 0.29) is 5.91 Å². The molecule has 0 bridgehead atoms. The Morgan fingerprint density at radius 2 is 1.86 bits per heavy atom. The Bertz CT molecular complexity index is 1010. The second-order valence-electron chi connectivity index (χ2n) is 6.76. The van der Waals surface area contributed by atoms with Crippen LogP contribution in [0.15, 0.2) is 36.4 Å². The lowest BCUT2D eigenvalue weighted by Crippen LogP contribution is -2.48. The number of nitrogens with zero attached hydrogens (tertiary/aromatic N) is 3. The van der Waals surface area contributed by atoms with Gasteiger partial charge in [-0.25, -0.2) is 4.98 Å². The molecule has 6 nitrogen and oxygen atoms in total. The van der Waals surface area contributed by atoms with E-state index in [4.69, 9.17) is 14.5 Å². The number of piperazine rings is 1. The maximum atomic E-state index is 13.0. The molecule has 7 heteroatoms. The largest absolute Gasteiger partial charge is 0.497 e. The second-order valence-corrected chi connectivity index (χ2v) is 7.77. The smallest absolute Gasteiger partial charge is 0.257 e. The summed E-state index contributed by atoms with van der Waals surface area (Å²) < 4.78 is 11.8. The number of fused-ring (bicyclic) bond motifs is 1. The number of carbonyl (C=O) groups is 1. The van der Waals surface area contributed by atoms with E-state index in [1.165, 1.54) is 10.3 Å². The summed E-state index contributed by atoms with van der Waals surface area (Å²) in [4.78, 5) is 22.0. The lowest BCUT2D eigenvalue weighted by molar-refractivity contribution is 0.0743. The van der Waals surface area contributed by atoms with Gasteiger partial charge < -0.3 is 19.3 Å². The van der Waals surface area contributed by atoms with E-state index in [0.29, 0.717) is 30.2 Å². The number of thiazole rings is 1. The molecule has 28 heavy (non-hydrogen) atoms. The summed E-state index contributed by atoms with van der Waals surface area (Å²) in [5.74, 6) is 1.18. The number of methoxy groups -OCH3 is 2. The molecular weight excluding hydrogens is 374 g/mol. The third kappa shape index (κ3) is 3.38. The Hall–Kier alpha value is -2.80. The Balaban J connectivity index is 1.49. The molecule has 1 saturated heterocycles. The van der Waals surface area contributed by atoms with Crippen molar-refractivity contribution in [1.29, 1.82) is 0 Å². The Morgan fingerprint density at radius 1 is 1.07 bits per heavy atom. The fourth-order valence-electron chi connectivity index (χ4n) is 3.46. The van der Waals surface area contributed by atoms with Gasteiger partial charge in [-0.2, -0.15) is 0 Å². The molecule has 2 heterocycles. The first kappa shape index (κ1) is 18.6. The van der Waals surface area contributed by atoms with E-state index in [1.54, 1.807) is 43.8 Å². The van der Waals surface area contributed by atoms with Crippen molar-refractivity contribution < 1.29 is 14.3 Å². The lowest BCUT2D eigenvalue weighted by atomic mass is 10.1. The molecule has 1 aromatic heterocycles. The van der Waals surface area contributed by atoms with Gasteiger partial charge in [-0.15, -0.1) is 0 Å². The van der Waals surface area contributed by atoms with E-state index in [0.717, 1.165) is 23.7 Å². The SMILES string of the molecule is COc1ccc(OC)c(C(=O)N2CCN(c3nc4c(C)cccc4s3)CC2)c1. The van der Waals surface area contributed by atoms with Crippen molar-refractivity contribution in [2.45, 2.75) is 6.92 Å². The summed E-state index contributed by atoms with van der Waals surface area (Å²) in [6.45, 7) is 4.90. The number of hydrogen-bond donors (Lipinski definition) is 0. The zero-order valence-electron chi connectivity index (χ0n) is 16.3. The Morgan fingerprint density at radius 3 is 2.54 bits per heavy atom. The average molecular weight is 398 g/mol. The molecule has 0 unspecified atom stereocenters. The number of rotatable bonds is 4. The highest BCUT2D eigenvalue weighted by atomic mass is 32.1. The molecule has 0 spiro atoms. The molecule has 2 aromatic carbocycles. The number of benzene rings is 2. The van der Waals surface area contributed by atoms with Gasteiger partial charge in [0.05, 0.1) is 30.0 Å². The molecule has 1 aliphatic rings. The summed E-state index contributed by atoms with van der Waals surface area (Å²) >= 11 is 1.71. The number of aromatic nitrogens is 1. The molecule has 0 N–H and O–H groups in total. The molecule has 0 radical (unpaired) electrons. The van der Waals surface area contributed by atoms with E-state index < -0.39 is 0 Å². The van der Waals surface area contributed by atoms with E-state index in [9.17, 15) is 4.79 Å². The summed E-state index contributed by atoms with van der Waals surface area (Å²) in [5, 5.41) is 1.02. The normalized spacial score (nSPS) is 14.4. The number of anilines is 1. The van der Waals surface area contributed by atoms with Gasteiger partial charge in [-0.05, 0) is 36.8 Å². The second kappa shape index (κ2) is 7.67. The van der Waals surface area contributed by atoms with Crippen LogP contribution in [0.1, 0.15) is 15.9 Å². The van der Waals surface area contributed by atoms with Gasteiger partial charge in [-0.3, -0.25) is 4.79 Å². The quantitative estimate of drug-likeness (QED) is 0.674. The third-order valence-electron chi connectivity index (χ3n) is 5.08. The first-order valence-corrected chi connectivity index (χ1v) is 10.0.